The van der Waals surface area contributed by atoms with Crippen molar-refractivity contribution in [2.45, 2.75) is 43.9 Å². The molecule has 2 fully saturated rings. The molecule has 1 atom stereocenters. The SMILES string of the molecule is CC1(c2ccccc2)N(Cc2ccc(O)cc2)C(=O)OC12CCN(C(=O)Cc1ccccc1)CC2. The van der Waals surface area contributed by atoms with Crippen molar-refractivity contribution >= 4 is 12.0 Å². The van der Waals surface area contributed by atoms with Gasteiger partial charge < -0.3 is 14.7 Å². The van der Waals surface area contributed by atoms with Gasteiger partial charge in [0.1, 0.15) is 16.9 Å². The van der Waals surface area contributed by atoms with Crippen LogP contribution in [0.5, 0.6) is 5.75 Å². The summed E-state index contributed by atoms with van der Waals surface area (Å²) in [6, 6.07) is 26.7. The number of benzene rings is 3. The molecular formula is C29H30N2O4. The molecule has 6 nitrogen and oxygen atoms in total. The van der Waals surface area contributed by atoms with E-state index in [4.69, 9.17) is 4.74 Å². The lowest BCUT2D eigenvalue weighted by molar-refractivity contribution is -0.136. The van der Waals surface area contributed by atoms with Crippen molar-refractivity contribution in [2.24, 2.45) is 0 Å². The van der Waals surface area contributed by atoms with Gasteiger partial charge >= 0.3 is 6.09 Å². The minimum absolute atomic E-state index is 0.0951. The van der Waals surface area contributed by atoms with E-state index in [1.165, 1.54) is 0 Å². The first-order valence-electron chi connectivity index (χ1n) is 12.1. The topological polar surface area (TPSA) is 70.1 Å². The molecule has 0 bridgehead atoms. The van der Waals surface area contributed by atoms with E-state index in [-0.39, 0.29) is 17.7 Å². The van der Waals surface area contributed by atoms with E-state index >= 15 is 0 Å². The minimum Gasteiger partial charge on any atom is -0.508 e. The Morgan fingerprint density at radius 2 is 1.49 bits per heavy atom. The van der Waals surface area contributed by atoms with Crippen LogP contribution in [0.2, 0.25) is 0 Å². The maximum absolute atomic E-state index is 13.3. The van der Waals surface area contributed by atoms with Crippen LogP contribution >= 0.6 is 0 Å². The lowest BCUT2D eigenvalue weighted by Crippen LogP contribution is -2.58. The zero-order chi connectivity index (χ0) is 24.5. The number of carbonyl (C=O) groups excluding carboxylic acids is 2. The van der Waals surface area contributed by atoms with Crippen LogP contribution < -0.4 is 0 Å². The molecule has 6 heteroatoms. The molecule has 2 aliphatic rings. The molecule has 2 aliphatic heterocycles. The van der Waals surface area contributed by atoms with E-state index in [9.17, 15) is 14.7 Å². The van der Waals surface area contributed by atoms with Crippen molar-refractivity contribution in [1.82, 2.24) is 9.80 Å². The quantitative estimate of drug-likeness (QED) is 0.578. The highest BCUT2D eigenvalue weighted by Crippen LogP contribution is 2.52. The Kier molecular flexibility index (Phi) is 5.97. The number of hydrogen-bond acceptors (Lipinski definition) is 4. The highest BCUT2D eigenvalue weighted by atomic mass is 16.6. The number of likely N-dealkylation sites (tertiary alicyclic amines) is 1. The number of piperidine rings is 1. The van der Waals surface area contributed by atoms with Crippen LogP contribution in [-0.2, 0) is 28.0 Å². The molecule has 0 aliphatic carbocycles. The van der Waals surface area contributed by atoms with Gasteiger partial charge in [0, 0.05) is 25.9 Å². The Morgan fingerprint density at radius 1 is 0.886 bits per heavy atom. The second kappa shape index (κ2) is 9.10. The Labute approximate surface area is 205 Å². The molecule has 2 saturated heterocycles. The van der Waals surface area contributed by atoms with Crippen molar-refractivity contribution < 1.29 is 19.4 Å². The molecule has 2 heterocycles. The Balaban J connectivity index is 1.41. The number of carbonyl (C=O) groups is 2. The van der Waals surface area contributed by atoms with Gasteiger partial charge in [-0.25, -0.2) is 4.79 Å². The van der Waals surface area contributed by atoms with E-state index in [1.807, 2.05) is 77.7 Å². The van der Waals surface area contributed by atoms with Crippen LogP contribution in [0.3, 0.4) is 0 Å². The van der Waals surface area contributed by atoms with Gasteiger partial charge in [-0.1, -0.05) is 72.8 Å². The van der Waals surface area contributed by atoms with Crippen LogP contribution in [0, 0.1) is 0 Å². The fourth-order valence-corrected chi connectivity index (χ4v) is 5.53. The molecule has 3 aromatic carbocycles. The fourth-order valence-electron chi connectivity index (χ4n) is 5.53. The Bertz CT molecular complexity index is 1190. The fraction of sp³-hybridized carbons (Fsp3) is 0.310. The van der Waals surface area contributed by atoms with E-state index in [0.29, 0.717) is 38.9 Å². The number of hydrogen-bond donors (Lipinski definition) is 1. The van der Waals surface area contributed by atoms with Crippen molar-refractivity contribution in [3.63, 3.8) is 0 Å². The van der Waals surface area contributed by atoms with Crippen LogP contribution in [-0.4, -0.2) is 45.6 Å². The Morgan fingerprint density at radius 3 is 2.11 bits per heavy atom. The van der Waals surface area contributed by atoms with Gasteiger partial charge in [-0.15, -0.1) is 0 Å². The van der Waals surface area contributed by atoms with Gasteiger partial charge in [0.05, 0.1) is 13.0 Å². The van der Waals surface area contributed by atoms with Crippen molar-refractivity contribution in [3.05, 3.63) is 102 Å². The third kappa shape index (κ3) is 4.14. The van der Waals surface area contributed by atoms with Crippen LogP contribution in [0.15, 0.2) is 84.9 Å². The standard InChI is InChI=1S/C29H30N2O4/c1-28(24-10-6-3-7-11-24)29(35-27(34)31(28)21-23-12-14-25(32)15-13-23)16-18-30(19-17-29)26(33)20-22-8-4-2-5-9-22/h2-15,32H,16-21H2,1H3. The van der Waals surface area contributed by atoms with E-state index in [0.717, 1.165) is 16.7 Å². The monoisotopic (exact) mass is 470 g/mol. The number of nitrogens with zero attached hydrogens (tertiary/aromatic N) is 2. The first-order chi connectivity index (χ1) is 16.9. The normalized spacial score (nSPS) is 21.2. The van der Waals surface area contributed by atoms with Crippen molar-refractivity contribution in [3.8, 4) is 5.75 Å². The average Bonchev–Trinajstić information content (AvgIpc) is 3.08. The summed E-state index contributed by atoms with van der Waals surface area (Å²) in [6.45, 7) is 3.51. The zero-order valence-electron chi connectivity index (χ0n) is 19.9. The smallest absolute Gasteiger partial charge is 0.411 e. The molecule has 35 heavy (non-hydrogen) atoms. The molecular weight excluding hydrogens is 440 g/mol. The summed E-state index contributed by atoms with van der Waals surface area (Å²) in [7, 11) is 0. The third-order valence-corrected chi connectivity index (χ3v) is 7.67. The highest BCUT2D eigenvalue weighted by Gasteiger charge is 2.63. The predicted octanol–water partition coefficient (Wildman–Crippen LogP) is 4.86. The Hall–Kier alpha value is -3.80. The maximum Gasteiger partial charge on any atom is 0.411 e. The first-order valence-corrected chi connectivity index (χ1v) is 12.1. The highest BCUT2D eigenvalue weighted by molar-refractivity contribution is 5.79. The summed E-state index contributed by atoms with van der Waals surface area (Å²) < 4.78 is 6.21. The van der Waals surface area contributed by atoms with Crippen LogP contribution in [0.1, 0.15) is 36.5 Å². The maximum atomic E-state index is 13.3. The average molecular weight is 471 g/mol. The number of amides is 2. The minimum atomic E-state index is -0.744. The molecule has 180 valence electrons. The lowest BCUT2D eigenvalue weighted by atomic mass is 9.70. The molecule has 2 amide bonds. The lowest BCUT2D eigenvalue weighted by Gasteiger charge is -2.48. The number of rotatable bonds is 5. The van der Waals surface area contributed by atoms with Crippen molar-refractivity contribution in [1.29, 1.82) is 0 Å². The van der Waals surface area contributed by atoms with Gasteiger partial charge in [-0.2, -0.15) is 0 Å². The van der Waals surface area contributed by atoms with Gasteiger partial charge in [-0.3, -0.25) is 9.69 Å². The van der Waals surface area contributed by atoms with Gasteiger partial charge in [0.25, 0.3) is 0 Å². The molecule has 0 radical (unpaired) electrons. The largest absolute Gasteiger partial charge is 0.508 e. The molecule has 0 aromatic heterocycles. The predicted molar refractivity (Wildman–Crippen MR) is 133 cm³/mol. The third-order valence-electron chi connectivity index (χ3n) is 7.67. The summed E-state index contributed by atoms with van der Waals surface area (Å²) in [5, 5.41) is 9.67. The summed E-state index contributed by atoms with van der Waals surface area (Å²) >= 11 is 0. The number of aromatic hydroxyl groups is 1. The van der Waals surface area contributed by atoms with E-state index < -0.39 is 11.1 Å². The first kappa shape index (κ1) is 23.0. The zero-order valence-corrected chi connectivity index (χ0v) is 19.9. The summed E-state index contributed by atoms with van der Waals surface area (Å²) in [6.07, 6.45) is 1.15. The van der Waals surface area contributed by atoms with E-state index in [2.05, 4.69) is 6.92 Å². The number of ether oxygens (including phenoxy) is 1. The molecule has 1 unspecified atom stereocenters. The molecule has 1 spiro atoms. The van der Waals surface area contributed by atoms with E-state index in [1.54, 1.807) is 17.0 Å². The van der Waals surface area contributed by atoms with Crippen LogP contribution in [0.4, 0.5) is 4.79 Å². The van der Waals surface area contributed by atoms with Gasteiger partial charge in [-0.05, 0) is 35.7 Å². The van der Waals surface area contributed by atoms with Gasteiger partial charge in [0.15, 0.2) is 0 Å². The van der Waals surface area contributed by atoms with Gasteiger partial charge in [0.2, 0.25) is 5.91 Å². The molecule has 0 saturated carbocycles. The van der Waals surface area contributed by atoms with Crippen molar-refractivity contribution in [2.75, 3.05) is 13.1 Å². The molecule has 1 N–H and O–H groups in total. The second-order valence-electron chi connectivity index (χ2n) is 9.60. The summed E-state index contributed by atoms with van der Waals surface area (Å²) in [5.74, 6) is 0.283. The molecule has 5 rings (SSSR count). The summed E-state index contributed by atoms with van der Waals surface area (Å²) in [5.41, 5.74) is 1.46. The van der Waals surface area contributed by atoms with Crippen LogP contribution in [0.25, 0.3) is 0 Å². The summed E-state index contributed by atoms with van der Waals surface area (Å²) in [4.78, 5) is 30.0. The second-order valence-corrected chi connectivity index (χ2v) is 9.60. The number of phenolic OH excluding ortho intramolecular Hbond substituents is 1. The number of phenols is 1. The molecule has 3 aromatic rings.